The van der Waals surface area contributed by atoms with Crippen LogP contribution in [0.4, 0.5) is 0 Å². The minimum absolute atomic E-state index is 0.0225. The lowest BCUT2D eigenvalue weighted by molar-refractivity contribution is -0.138. The van der Waals surface area contributed by atoms with Gasteiger partial charge in [-0.15, -0.1) is 11.8 Å². The van der Waals surface area contributed by atoms with E-state index in [2.05, 4.69) is 5.32 Å². The minimum Gasteiger partial charge on any atom is -0.369 e. The lowest BCUT2D eigenvalue weighted by Crippen LogP contribution is -2.46. The van der Waals surface area contributed by atoms with E-state index >= 15 is 0 Å². The first-order valence-corrected chi connectivity index (χ1v) is 9.03. The van der Waals surface area contributed by atoms with E-state index in [1.54, 1.807) is 11.8 Å². The third kappa shape index (κ3) is 3.37. The van der Waals surface area contributed by atoms with E-state index in [-0.39, 0.29) is 23.0 Å². The molecule has 3 heterocycles. The van der Waals surface area contributed by atoms with Crippen LogP contribution in [-0.2, 0) is 9.59 Å². The molecule has 0 aromatic heterocycles. The highest BCUT2D eigenvalue weighted by Crippen LogP contribution is 2.43. The molecule has 3 unspecified atom stereocenters. The molecule has 2 amide bonds. The number of likely N-dealkylation sites (tertiary alicyclic amines) is 1. The number of nitrogens with zero attached hydrogens (tertiary/aromatic N) is 1. The molecule has 0 radical (unpaired) electrons. The summed E-state index contributed by atoms with van der Waals surface area (Å²) in [7, 11) is 0. The van der Waals surface area contributed by atoms with Gasteiger partial charge in [0.1, 0.15) is 0 Å². The molecule has 3 aliphatic rings. The van der Waals surface area contributed by atoms with E-state index in [0.29, 0.717) is 11.7 Å². The Labute approximate surface area is 130 Å². The number of amides is 2. The second kappa shape index (κ2) is 6.57. The molecule has 0 aromatic carbocycles. The molecule has 3 saturated heterocycles. The number of primary amides is 1. The molecule has 0 bridgehead atoms. The smallest absolute Gasteiger partial charge is 0.230 e. The van der Waals surface area contributed by atoms with Gasteiger partial charge in [-0.2, -0.15) is 0 Å². The molecular formula is C15H25N3O2S. The van der Waals surface area contributed by atoms with Crippen LogP contribution in [0.2, 0.25) is 0 Å². The summed E-state index contributed by atoms with van der Waals surface area (Å²) in [6.45, 7) is 3.96. The van der Waals surface area contributed by atoms with Crippen molar-refractivity contribution in [3.63, 3.8) is 0 Å². The van der Waals surface area contributed by atoms with Gasteiger partial charge in [-0.05, 0) is 51.1 Å². The Morgan fingerprint density at radius 2 is 2.10 bits per heavy atom. The number of piperidine rings is 2. The van der Waals surface area contributed by atoms with Crippen LogP contribution in [0.1, 0.15) is 32.1 Å². The molecule has 3 atom stereocenters. The zero-order valence-electron chi connectivity index (χ0n) is 12.4. The maximum atomic E-state index is 12.6. The lowest BCUT2D eigenvalue weighted by Gasteiger charge is -2.35. The monoisotopic (exact) mass is 311 g/mol. The van der Waals surface area contributed by atoms with Gasteiger partial charge in [0, 0.05) is 18.3 Å². The first-order chi connectivity index (χ1) is 10.1. The lowest BCUT2D eigenvalue weighted by atomic mass is 9.90. The molecule has 0 saturated carbocycles. The van der Waals surface area contributed by atoms with Crippen molar-refractivity contribution in [1.82, 2.24) is 10.2 Å². The maximum Gasteiger partial charge on any atom is 0.230 e. The molecule has 5 nitrogen and oxygen atoms in total. The Balaban J connectivity index is 1.52. The van der Waals surface area contributed by atoms with Gasteiger partial charge in [-0.25, -0.2) is 0 Å². The van der Waals surface area contributed by atoms with Crippen LogP contribution < -0.4 is 11.1 Å². The van der Waals surface area contributed by atoms with Crippen molar-refractivity contribution in [3.05, 3.63) is 0 Å². The number of carbonyl (C=O) groups is 2. The summed E-state index contributed by atoms with van der Waals surface area (Å²) in [6, 6.07) is 0. The van der Waals surface area contributed by atoms with Crippen molar-refractivity contribution in [1.29, 1.82) is 0 Å². The first-order valence-electron chi connectivity index (χ1n) is 8.09. The van der Waals surface area contributed by atoms with Crippen LogP contribution in [0.5, 0.6) is 0 Å². The summed E-state index contributed by atoms with van der Waals surface area (Å²) in [5, 5.41) is 3.53. The van der Waals surface area contributed by atoms with Gasteiger partial charge in [0.05, 0.1) is 11.2 Å². The van der Waals surface area contributed by atoms with E-state index in [4.69, 9.17) is 5.73 Å². The van der Waals surface area contributed by atoms with Gasteiger partial charge in [-0.3, -0.25) is 9.59 Å². The first kappa shape index (κ1) is 15.2. The van der Waals surface area contributed by atoms with Crippen molar-refractivity contribution in [2.24, 2.45) is 17.6 Å². The molecule has 0 aromatic rings. The minimum atomic E-state index is -0.261. The van der Waals surface area contributed by atoms with Crippen LogP contribution in [0.15, 0.2) is 0 Å². The fourth-order valence-corrected chi connectivity index (χ4v) is 5.35. The zero-order chi connectivity index (χ0) is 14.8. The number of hydrogen-bond donors (Lipinski definition) is 2. The van der Waals surface area contributed by atoms with Gasteiger partial charge >= 0.3 is 0 Å². The summed E-state index contributed by atoms with van der Waals surface area (Å²) in [5.41, 5.74) is 5.40. The van der Waals surface area contributed by atoms with Crippen LogP contribution in [-0.4, -0.2) is 53.4 Å². The third-order valence-corrected chi connectivity index (χ3v) is 6.82. The molecule has 118 valence electrons. The Hall–Kier alpha value is -0.750. The van der Waals surface area contributed by atoms with Crippen molar-refractivity contribution in [3.8, 4) is 0 Å². The van der Waals surface area contributed by atoms with Gasteiger partial charge in [0.15, 0.2) is 0 Å². The second-order valence-electron chi connectivity index (χ2n) is 6.50. The van der Waals surface area contributed by atoms with E-state index < -0.39 is 0 Å². The Bertz CT molecular complexity index is 412. The molecule has 3 N–H and O–H groups in total. The predicted octanol–water partition coefficient (Wildman–Crippen LogP) is 0.584. The summed E-state index contributed by atoms with van der Waals surface area (Å²) < 4.78 is 0. The summed E-state index contributed by atoms with van der Waals surface area (Å²) in [6.07, 6.45) is 5.24. The van der Waals surface area contributed by atoms with Crippen LogP contribution in [0, 0.1) is 11.8 Å². The van der Waals surface area contributed by atoms with Crippen molar-refractivity contribution in [2.45, 2.75) is 42.6 Å². The fraction of sp³-hybridized carbons (Fsp3) is 0.867. The Morgan fingerprint density at radius 3 is 2.81 bits per heavy atom. The van der Waals surface area contributed by atoms with Crippen LogP contribution in [0.3, 0.4) is 0 Å². The number of rotatable bonds is 4. The predicted molar refractivity (Wildman–Crippen MR) is 83.9 cm³/mol. The molecule has 0 spiro atoms. The third-order valence-electron chi connectivity index (χ3n) is 5.15. The SMILES string of the molecule is NC(=O)C1CC2C(=O)N(CCC3CCNCC3)CCC2S1. The molecule has 3 rings (SSSR count). The van der Waals surface area contributed by atoms with Crippen LogP contribution in [0.25, 0.3) is 0 Å². The van der Waals surface area contributed by atoms with E-state index in [0.717, 1.165) is 44.9 Å². The molecule has 3 fully saturated rings. The van der Waals surface area contributed by atoms with Gasteiger partial charge in [0.2, 0.25) is 11.8 Å². The number of carbonyl (C=O) groups excluding carboxylic acids is 2. The Morgan fingerprint density at radius 1 is 1.33 bits per heavy atom. The number of hydrogen-bond acceptors (Lipinski definition) is 4. The van der Waals surface area contributed by atoms with Crippen molar-refractivity contribution >= 4 is 23.6 Å². The van der Waals surface area contributed by atoms with Gasteiger partial charge < -0.3 is 16.0 Å². The van der Waals surface area contributed by atoms with Gasteiger partial charge in [0.25, 0.3) is 0 Å². The second-order valence-corrected chi connectivity index (χ2v) is 7.95. The molecule has 21 heavy (non-hydrogen) atoms. The summed E-state index contributed by atoms with van der Waals surface area (Å²) in [4.78, 5) is 26.0. The standard InChI is InChI=1S/C15H25N3O2S/c16-14(19)13-9-11-12(21-13)4-8-18(15(11)20)7-3-10-1-5-17-6-2-10/h10-13,17H,1-9H2,(H2,16,19). The van der Waals surface area contributed by atoms with Gasteiger partial charge in [-0.1, -0.05) is 0 Å². The summed E-state index contributed by atoms with van der Waals surface area (Å²) >= 11 is 1.62. The van der Waals surface area contributed by atoms with E-state index in [9.17, 15) is 9.59 Å². The highest BCUT2D eigenvalue weighted by Gasteiger charge is 2.45. The van der Waals surface area contributed by atoms with Crippen LogP contribution >= 0.6 is 11.8 Å². The Kier molecular flexibility index (Phi) is 4.74. The fourth-order valence-electron chi connectivity index (χ4n) is 3.81. The quantitative estimate of drug-likeness (QED) is 0.796. The van der Waals surface area contributed by atoms with E-state index in [1.807, 2.05) is 4.90 Å². The van der Waals surface area contributed by atoms with Crippen molar-refractivity contribution < 1.29 is 9.59 Å². The number of fused-ring (bicyclic) bond motifs is 1. The number of nitrogens with two attached hydrogens (primary N) is 1. The summed E-state index contributed by atoms with van der Waals surface area (Å²) in [5.74, 6) is 0.780. The highest BCUT2D eigenvalue weighted by molar-refractivity contribution is 8.01. The molecule has 3 aliphatic heterocycles. The van der Waals surface area contributed by atoms with Crippen molar-refractivity contribution in [2.75, 3.05) is 26.2 Å². The molecule has 6 heteroatoms. The topological polar surface area (TPSA) is 75.4 Å². The largest absolute Gasteiger partial charge is 0.369 e. The average molecular weight is 311 g/mol. The molecular weight excluding hydrogens is 286 g/mol. The number of nitrogens with one attached hydrogen (secondary N) is 1. The number of thioether (sulfide) groups is 1. The van der Waals surface area contributed by atoms with E-state index in [1.165, 1.54) is 12.8 Å². The zero-order valence-corrected chi connectivity index (χ0v) is 13.2. The molecule has 0 aliphatic carbocycles. The maximum absolute atomic E-state index is 12.6. The highest BCUT2D eigenvalue weighted by atomic mass is 32.2. The normalized spacial score (nSPS) is 34.0. The average Bonchev–Trinajstić information content (AvgIpc) is 2.93.